The van der Waals surface area contributed by atoms with Crippen molar-refractivity contribution in [3.05, 3.63) is 60.2 Å². The first-order chi connectivity index (χ1) is 9.35. The predicted molar refractivity (Wildman–Crippen MR) is 86.7 cm³/mol. The van der Waals surface area contributed by atoms with Gasteiger partial charge in [0.05, 0.1) is 0 Å². The summed E-state index contributed by atoms with van der Waals surface area (Å²) in [6, 6.07) is 19.9. The molecule has 0 saturated heterocycles. The molecule has 0 bridgehead atoms. The molecule has 1 atom stereocenters. The molecule has 0 spiro atoms. The van der Waals surface area contributed by atoms with Crippen LogP contribution in [0.4, 0.5) is 0 Å². The standard InChI is InChI=1S/C17H21NS/c1-3-18-17(13-19-2)16-11-9-15(10-12-16)14-7-5-4-6-8-14/h4-12,17-18H,3,13H2,1-2H3. The van der Waals surface area contributed by atoms with Crippen molar-refractivity contribution >= 4 is 11.8 Å². The normalized spacial score (nSPS) is 12.3. The van der Waals surface area contributed by atoms with E-state index in [1.807, 2.05) is 11.8 Å². The lowest BCUT2D eigenvalue weighted by Gasteiger charge is -2.17. The molecule has 19 heavy (non-hydrogen) atoms. The quantitative estimate of drug-likeness (QED) is 0.837. The summed E-state index contributed by atoms with van der Waals surface area (Å²) in [7, 11) is 0. The monoisotopic (exact) mass is 271 g/mol. The first-order valence-electron chi connectivity index (χ1n) is 6.73. The van der Waals surface area contributed by atoms with E-state index < -0.39 is 0 Å². The zero-order valence-electron chi connectivity index (χ0n) is 11.6. The molecule has 2 rings (SSSR count). The Morgan fingerprint density at radius 1 is 0.947 bits per heavy atom. The lowest BCUT2D eigenvalue weighted by molar-refractivity contribution is 0.606. The first kappa shape index (κ1) is 14.2. The molecule has 0 saturated carbocycles. The number of hydrogen-bond acceptors (Lipinski definition) is 2. The highest BCUT2D eigenvalue weighted by Crippen LogP contribution is 2.23. The molecule has 0 radical (unpaired) electrons. The van der Waals surface area contributed by atoms with Crippen LogP contribution in [0.3, 0.4) is 0 Å². The molecule has 0 fully saturated rings. The Morgan fingerprint density at radius 3 is 2.16 bits per heavy atom. The molecule has 1 unspecified atom stereocenters. The van der Waals surface area contributed by atoms with Crippen LogP contribution in [0, 0.1) is 0 Å². The van der Waals surface area contributed by atoms with Crippen molar-refractivity contribution in [2.24, 2.45) is 0 Å². The minimum Gasteiger partial charge on any atom is -0.310 e. The van der Waals surface area contributed by atoms with E-state index in [9.17, 15) is 0 Å². The van der Waals surface area contributed by atoms with Crippen LogP contribution in [0.5, 0.6) is 0 Å². The third-order valence-electron chi connectivity index (χ3n) is 3.20. The zero-order chi connectivity index (χ0) is 13.5. The average molecular weight is 271 g/mol. The van der Waals surface area contributed by atoms with Gasteiger partial charge in [-0.25, -0.2) is 0 Å². The fraction of sp³-hybridized carbons (Fsp3) is 0.294. The van der Waals surface area contributed by atoms with Gasteiger partial charge in [0, 0.05) is 11.8 Å². The summed E-state index contributed by atoms with van der Waals surface area (Å²) in [5, 5.41) is 3.54. The summed E-state index contributed by atoms with van der Waals surface area (Å²) in [6.07, 6.45) is 2.16. The predicted octanol–water partition coefficient (Wildman–Crippen LogP) is 4.37. The second-order valence-corrected chi connectivity index (χ2v) is 5.46. The van der Waals surface area contributed by atoms with Gasteiger partial charge in [-0.05, 0) is 29.5 Å². The summed E-state index contributed by atoms with van der Waals surface area (Å²) >= 11 is 1.88. The van der Waals surface area contributed by atoms with E-state index in [4.69, 9.17) is 0 Å². The van der Waals surface area contributed by atoms with Gasteiger partial charge in [-0.15, -0.1) is 0 Å². The highest BCUT2D eigenvalue weighted by atomic mass is 32.2. The molecule has 0 aromatic heterocycles. The average Bonchev–Trinajstić information content (AvgIpc) is 2.48. The molecular formula is C17H21NS. The van der Waals surface area contributed by atoms with Crippen LogP contribution in [0.2, 0.25) is 0 Å². The van der Waals surface area contributed by atoms with Gasteiger partial charge < -0.3 is 5.32 Å². The fourth-order valence-corrected chi connectivity index (χ4v) is 2.87. The van der Waals surface area contributed by atoms with Crippen LogP contribution >= 0.6 is 11.8 Å². The van der Waals surface area contributed by atoms with Crippen LogP contribution in [0.15, 0.2) is 54.6 Å². The highest BCUT2D eigenvalue weighted by molar-refractivity contribution is 7.98. The molecule has 100 valence electrons. The minimum atomic E-state index is 0.449. The topological polar surface area (TPSA) is 12.0 Å². The van der Waals surface area contributed by atoms with Gasteiger partial charge >= 0.3 is 0 Å². The maximum absolute atomic E-state index is 3.54. The maximum atomic E-state index is 3.54. The van der Waals surface area contributed by atoms with Crippen LogP contribution in [-0.4, -0.2) is 18.6 Å². The Morgan fingerprint density at radius 2 is 1.58 bits per heavy atom. The van der Waals surface area contributed by atoms with E-state index in [1.54, 1.807) is 0 Å². The molecular weight excluding hydrogens is 250 g/mol. The van der Waals surface area contributed by atoms with E-state index >= 15 is 0 Å². The van der Waals surface area contributed by atoms with Gasteiger partial charge in [0.25, 0.3) is 0 Å². The van der Waals surface area contributed by atoms with Crippen molar-refractivity contribution in [1.82, 2.24) is 5.32 Å². The van der Waals surface area contributed by atoms with Gasteiger partial charge in [-0.1, -0.05) is 61.5 Å². The summed E-state index contributed by atoms with van der Waals surface area (Å²) in [6.45, 7) is 3.16. The molecule has 0 aliphatic heterocycles. The van der Waals surface area contributed by atoms with Crippen molar-refractivity contribution in [3.63, 3.8) is 0 Å². The van der Waals surface area contributed by atoms with Crippen molar-refractivity contribution in [1.29, 1.82) is 0 Å². The van der Waals surface area contributed by atoms with Gasteiger partial charge in [0.1, 0.15) is 0 Å². The van der Waals surface area contributed by atoms with E-state index in [0.29, 0.717) is 6.04 Å². The van der Waals surface area contributed by atoms with Crippen LogP contribution in [0.25, 0.3) is 11.1 Å². The molecule has 0 aliphatic rings. The van der Waals surface area contributed by atoms with Crippen LogP contribution in [-0.2, 0) is 0 Å². The van der Waals surface area contributed by atoms with E-state index in [0.717, 1.165) is 12.3 Å². The molecule has 2 heteroatoms. The van der Waals surface area contributed by atoms with Gasteiger partial charge in [0.2, 0.25) is 0 Å². The van der Waals surface area contributed by atoms with Crippen LogP contribution < -0.4 is 5.32 Å². The Bertz CT molecular complexity index is 472. The number of benzene rings is 2. The number of thioether (sulfide) groups is 1. The second kappa shape index (κ2) is 7.37. The summed E-state index contributed by atoms with van der Waals surface area (Å²) in [5.74, 6) is 1.11. The van der Waals surface area contributed by atoms with Crippen molar-refractivity contribution in [3.8, 4) is 11.1 Å². The fourth-order valence-electron chi connectivity index (χ4n) is 2.22. The summed E-state index contributed by atoms with van der Waals surface area (Å²) in [5.41, 5.74) is 3.93. The second-order valence-electron chi connectivity index (χ2n) is 4.55. The largest absolute Gasteiger partial charge is 0.310 e. The van der Waals surface area contributed by atoms with E-state index in [2.05, 4.69) is 73.1 Å². The Kier molecular flexibility index (Phi) is 5.49. The highest BCUT2D eigenvalue weighted by Gasteiger charge is 2.09. The molecule has 1 nitrogen and oxygen atoms in total. The Hall–Kier alpha value is -1.25. The maximum Gasteiger partial charge on any atom is 0.0411 e. The number of rotatable bonds is 6. The van der Waals surface area contributed by atoms with E-state index in [1.165, 1.54) is 16.7 Å². The molecule has 0 amide bonds. The Labute approximate surface area is 120 Å². The van der Waals surface area contributed by atoms with Gasteiger partial charge in [-0.2, -0.15) is 11.8 Å². The van der Waals surface area contributed by atoms with Gasteiger partial charge in [0.15, 0.2) is 0 Å². The van der Waals surface area contributed by atoms with Crippen molar-refractivity contribution in [2.45, 2.75) is 13.0 Å². The zero-order valence-corrected chi connectivity index (χ0v) is 12.4. The number of hydrogen-bond donors (Lipinski definition) is 1. The molecule has 0 aliphatic carbocycles. The third-order valence-corrected chi connectivity index (χ3v) is 3.87. The smallest absolute Gasteiger partial charge is 0.0411 e. The SMILES string of the molecule is CCNC(CSC)c1ccc(-c2ccccc2)cc1. The molecule has 0 heterocycles. The van der Waals surface area contributed by atoms with Crippen molar-refractivity contribution < 1.29 is 0 Å². The molecule has 2 aromatic rings. The van der Waals surface area contributed by atoms with Gasteiger partial charge in [-0.3, -0.25) is 0 Å². The van der Waals surface area contributed by atoms with E-state index in [-0.39, 0.29) is 0 Å². The Balaban J connectivity index is 2.17. The number of nitrogens with one attached hydrogen (secondary N) is 1. The first-order valence-corrected chi connectivity index (χ1v) is 8.12. The van der Waals surface area contributed by atoms with Crippen LogP contribution in [0.1, 0.15) is 18.5 Å². The summed E-state index contributed by atoms with van der Waals surface area (Å²) < 4.78 is 0. The van der Waals surface area contributed by atoms with Crippen molar-refractivity contribution in [2.75, 3.05) is 18.6 Å². The minimum absolute atomic E-state index is 0.449. The molecule has 2 aromatic carbocycles. The lowest BCUT2D eigenvalue weighted by atomic mass is 10.0. The third kappa shape index (κ3) is 3.85. The molecule has 1 N–H and O–H groups in total. The summed E-state index contributed by atoms with van der Waals surface area (Å²) in [4.78, 5) is 0. The lowest BCUT2D eigenvalue weighted by Crippen LogP contribution is -2.22.